The summed E-state index contributed by atoms with van der Waals surface area (Å²) in [5.74, 6) is -0.103. The van der Waals surface area contributed by atoms with Crippen LogP contribution in [0, 0.1) is 5.41 Å². The monoisotopic (exact) mass is 294 g/mol. The summed E-state index contributed by atoms with van der Waals surface area (Å²) in [5, 5.41) is 5.34. The van der Waals surface area contributed by atoms with Crippen molar-refractivity contribution in [2.24, 2.45) is 5.41 Å². The average molecular weight is 295 g/mol. The molecule has 0 bridgehead atoms. The van der Waals surface area contributed by atoms with E-state index in [2.05, 4.69) is 10.6 Å². The van der Waals surface area contributed by atoms with E-state index in [9.17, 15) is 9.59 Å². The van der Waals surface area contributed by atoms with Crippen molar-refractivity contribution in [3.8, 4) is 0 Å². The quantitative estimate of drug-likeness (QED) is 0.444. The molecule has 19 heavy (non-hydrogen) atoms. The number of carbonyl (C=O) groups is 2. The molecule has 2 amide bonds. The van der Waals surface area contributed by atoms with E-state index in [0.29, 0.717) is 26.3 Å². The summed E-state index contributed by atoms with van der Waals surface area (Å²) in [6.45, 7) is 5.07. The van der Waals surface area contributed by atoms with Crippen molar-refractivity contribution >= 4 is 23.4 Å². The van der Waals surface area contributed by atoms with E-state index in [1.165, 1.54) is 0 Å². The van der Waals surface area contributed by atoms with Gasteiger partial charge in [-0.1, -0.05) is 0 Å². The van der Waals surface area contributed by atoms with E-state index >= 15 is 0 Å². The molecule has 0 rings (SSSR count). The first-order chi connectivity index (χ1) is 8.94. The lowest BCUT2D eigenvalue weighted by atomic mass is 9.95. The van der Waals surface area contributed by atoms with Crippen LogP contribution >= 0.6 is 11.6 Å². The predicted octanol–water partition coefficient (Wildman–Crippen LogP) is 0.147. The summed E-state index contributed by atoms with van der Waals surface area (Å²) in [5.41, 5.74) is -0.602. The molecule has 0 aromatic carbocycles. The zero-order valence-electron chi connectivity index (χ0n) is 11.8. The molecule has 0 atom stereocenters. The Hall–Kier alpha value is -0.850. The lowest BCUT2D eigenvalue weighted by molar-refractivity contribution is -0.129. The van der Waals surface area contributed by atoms with Crippen LogP contribution in [0.2, 0.25) is 0 Å². The summed E-state index contributed by atoms with van der Waals surface area (Å²) >= 11 is 5.68. The van der Waals surface area contributed by atoms with Gasteiger partial charge in [0.05, 0.1) is 18.6 Å². The first-order valence-electron chi connectivity index (χ1n) is 6.11. The van der Waals surface area contributed by atoms with Crippen LogP contribution in [0.15, 0.2) is 0 Å². The van der Waals surface area contributed by atoms with Crippen LogP contribution in [-0.4, -0.2) is 57.7 Å². The number of hydrogen-bond donors (Lipinski definition) is 2. The zero-order chi connectivity index (χ0) is 14.7. The van der Waals surface area contributed by atoms with Gasteiger partial charge in [0, 0.05) is 26.1 Å². The highest BCUT2D eigenvalue weighted by Crippen LogP contribution is 2.16. The number of hydrogen-bond acceptors (Lipinski definition) is 4. The van der Waals surface area contributed by atoms with Gasteiger partial charge < -0.3 is 20.1 Å². The molecule has 0 fully saturated rings. The Morgan fingerprint density at radius 3 is 2.37 bits per heavy atom. The van der Waals surface area contributed by atoms with E-state index in [-0.39, 0.29) is 24.3 Å². The van der Waals surface area contributed by atoms with E-state index in [4.69, 9.17) is 21.1 Å². The highest BCUT2D eigenvalue weighted by atomic mass is 35.5. The van der Waals surface area contributed by atoms with Crippen molar-refractivity contribution in [1.82, 2.24) is 10.6 Å². The van der Waals surface area contributed by atoms with Crippen molar-refractivity contribution < 1.29 is 19.1 Å². The number of alkyl halides is 1. The minimum atomic E-state index is -0.602. The van der Waals surface area contributed by atoms with E-state index in [0.717, 1.165) is 0 Å². The maximum Gasteiger partial charge on any atom is 0.246 e. The molecule has 0 unspecified atom stereocenters. The molecular weight excluding hydrogens is 272 g/mol. The van der Waals surface area contributed by atoms with E-state index < -0.39 is 5.41 Å². The maximum absolute atomic E-state index is 11.6. The van der Waals surface area contributed by atoms with Gasteiger partial charge in [-0.2, -0.15) is 0 Å². The zero-order valence-corrected chi connectivity index (χ0v) is 12.5. The molecule has 7 heteroatoms. The molecular formula is C12H23ClN2O4. The van der Waals surface area contributed by atoms with Gasteiger partial charge >= 0.3 is 0 Å². The van der Waals surface area contributed by atoms with Crippen molar-refractivity contribution in [3.05, 3.63) is 0 Å². The van der Waals surface area contributed by atoms with E-state index in [1.807, 2.05) is 0 Å². The number of amides is 2. The van der Waals surface area contributed by atoms with Crippen LogP contribution in [0.4, 0.5) is 0 Å². The van der Waals surface area contributed by atoms with Gasteiger partial charge in [-0.15, -0.1) is 11.6 Å². The third-order valence-electron chi connectivity index (χ3n) is 2.35. The second-order valence-electron chi connectivity index (χ2n) is 4.67. The molecule has 0 radical (unpaired) electrons. The normalized spacial score (nSPS) is 11.2. The first kappa shape index (κ1) is 18.1. The Kier molecular flexibility index (Phi) is 9.55. The van der Waals surface area contributed by atoms with Crippen LogP contribution in [0.3, 0.4) is 0 Å². The number of carbonyl (C=O) groups excluding carboxylic acids is 2. The van der Waals surface area contributed by atoms with Crippen LogP contribution in [0.5, 0.6) is 0 Å². The van der Waals surface area contributed by atoms with Gasteiger partial charge in [0.25, 0.3) is 0 Å². The van der Waals surface area contributed by atoms with Crippen LogP contribution < -0.4 is 10.6 Å². The maximum atomic E-state index is 11.6. The fourth-order valence-electron chi connectivity index (χ4n) is 1.04. The molecule has 0 saturated carbocycles. The Labute approximate surface area is 119 Å². The predicted molar refractivity (Wildman–Crippen MR) is 73.2 cm³/mol. The van der Waals surface area contributed by atoms with Crippen molar-refractivity contribution in [2.75, 3.05) is 45.9 Å². The molecule has 0 aromatic rings. The minimum Gasteiger partial charge on any atom is -0.382 e. The summed E-state index contributed by atoms with van der Waals surface area (Å²) in [7, 11) is 1.56. The summed E-state index contributed by atoms with van der Waals surface area (Å²) < 4.78 is 9.82. The molecule has 6 nitrogen and oxygen atoms in total. The van der Waals surface area contributed by atoms with Crippen molar-refractivity contribution in [1.29, 1.82) is 0 Å². The molecule has 2 N–H and O–H groups in total. The third kappa shape index (κ3) is 8.80. The van der Waals surface area contributed by atoms with Gasteiger partial charge in [0.1, 0.15) is 6.61 Å². The number of rotatable bonds is 10. The van der Waals surface area contributed by atoms with Crippen LogP contribution in [0.1, 0.15) is 13.8 Å². The Morgan fingerprint density at radius 2 is 1.79 bits per heavy atom. The fourth-order valence-corrected chi connectivity index (χ4v) is 1.16. The lowest BCUT2D eigenvalue weighted by Gasteiger charge is -2.20. The minimum absolute atomic E-state index is 0.00944. The average Bonchev–Trinajstić information content (AvgIpc) is 2.39. The Bertz CT molecular complexity index is 285. The Balaban J connectivity index is 3.58. The third-order valence-corrected chi connectivity index (χ3v) is 3.01. The largest absolute Gasteiger partial charge is 0.382 e. The van der Waals surface area contributed by atoms with Gasteiger partial charge in [-0.25, -0.2) is 0 Å². The standard InChI is InChI=1S/C12H23ClN2O4/c1-12(2,9-13)11(17)15-5-4-14-10(16)8-19-7-6-18-3/h4-9H2,1-3H3,(H,14,16)(H,15,17). The summed E-state index contributed by atoms with van der Waals surface area (Å²) in [6.07, 6.45) is 0. The first-order valence-corrected chi connectivity index (χ1v) is 6.65. The highest BCUT2D eigenvalue weighted by Gasteiger charge is 2.25. The topological polar surface area (TPSA) is 76.7 Å². The van der Waals surface area contributed by atoms with Crippen LogP contribution in [0.25, 0.3) is 0 Å². The van der Waals surface area contributed by atoms with Gasteiger partial charge in [-0.3, -0.25) is 9.59 Å². The van der Waals surface area contributed by atoms with Crippen molar-refractivity contribution in [3.63, 3.8) is 0 Å². The van der Waals surface area contributed by atoms with Crippen molar-refractivity contribution in [2.45, 2.75) is 13.8 Å². The van der Waals surface area contributed by atoms with Gasteiger partial charge in [-0.05, 0) is 13.8 Å². The van der Waals surface area contributed by atoms with E-state index in [1.54, 1.807) is 21.0 Å². The summed E-state index contributed by atoms with van der Waals surface area (Å²) in [4.78, 5) is 22.9. The molecule has 0 aliphatic heterocycles. The van der Waals surface area contributed by atoms with Gasteiger partial charge in [0.15, 0.2) is 0 Å². The molecule has 0 heterocycles. The summed E-state index contributed by atoms with van der Waals surface area (Å²) in [6, 6.07) is 0. The number of ether oxygens (including phenoxy) is 2. The SMILES string of the molecule is COCCOCC(=O)NCCNC(=O)C(C)(C)CCl. The molecule has 0 aliphatic carbocycles. The number of methoxy groups -OCH3 is 1. The second-order valence-corrected chi connectivity index (χ2v) is 4.94. The van der Waals surface area contributed by atoms with Crippen LogP contribution in [-0.2, 0) is 19.1 Å². The Morgan fingerprint density at radius 1 is 1.16 bits per heavy atom. The highest BCUT2D eigenvalue weighted by molar-refractivity contribution is 6.19. The fraction of sp³-hybridized carbons (Fsp3) is 0.833. The number of halogens is 1. The molecule has 0 aromatic heterocycles. The smallest absolute Gasteiger partial charge is 0.246 e. The van der Waals surface area contributed by atoms with Gasteiger partial charge in [0.2, 0.25) is 11.8 Å². The molecule has 112 valence electrons. The molecule has 0 spiro atoms. The molecule has 0 saturated heterocycles. The lowest BCUT2D eigenvalue weighted by Crippen LogP contribution is -2.42. The number of nitrogens with one attached hydrogen (secondary N) is 2. The molecule has 0 aliphatic rings. The second kappa shape index (κ2) is 10.00.